The second-order valence-electron chi connectivity index (χ2n) is 6.36. The standard InChI is InChI=1S/C14H26O2/c1-8(2)10(5)14-7-15-13(11(6)16-14)12(14)9(3)4/h8-13H,7H2,1-6H3. The van der Waals surface area contributed by atoms with Crippen molar-refractivity contribution >= 4 is 0 Å². The first-order chi connectivity index (χ1) is 7.40. The molecular weight excluding hydrogens is 200 g/mol. The van der Waals surface area contributed by atoms with Crippen LogP contribution in [0.25, 0.3) is 0 Å². The SMILES string of the molecule is CC(C)C(C)C12COC(C(C)O1)C2C(C)C. The first kappa shape index (κ1) is 12.4. The Bertz CT molecular complexity index is 261. The Balaban J connectivity index is 2.31. The third-order valence-corrected chi connectivity index (χ3v) is 4.78. The van der Waals surface area contributed by atoms with Gasteiger partial charge in [0.2, 0.25) is 0 Å². The second-order valence-corrected chi connectivity index (χ2v) is 6.36. The molecule has 2 saturated heterocycles. The minimum Gasteiger partial charge on any atom is -0.372 e. The Morgan fingerprint density at radius 3 is 2.19 bits per heavy atom. The van der Waals surface area contributed by atoms with E-state index in [1.54, 1.807) is 0 Å². The van der Waals surface area contributed by atoms with Crippen LogP contribution >= 0.6 is 0 Å². The van der Waals surface area contributed by atoms with Gasteiger partial charge in [-0.1, -0.05) is 34.6 Å². The Morgan fingerprint density at radius 2 is 1.75 bits per heavy atom. The van der Waals surface area contributed by atoms with Crippen molar-refractivity contribution in [2.45, 2.75) is 59.4 Å². The summed E-state index contributed by atoms with van der Waals surface area (Å²) < 4.78 is 12.3. The van der Waals surface area contributed by atoms with E-state index < -0.39 is 0 Å². The van der Waals surface area contributed by atoms with Crippen molar-refractivity contribution in [2.75, 3.05) is 6.61 Å². The zero-order chi connectivity index (χ0) is 12.1. The molecule has 5 unspecified atom stereocenters. The fourth-order valence-electron chi connectivity index (χ4n) is 3.71. The van der Waals surface area contributed by atoms with E-state index in [-0.39, 0.29) is 11.7 Å². The molecule has 94 valence electrons. The van der Waals surface area contributed by atoms with Gasteiger partial charge >= 0.3 is 0 Å². The van der Waals surface area contributed by atoms with Crippen LogP contribution in [0.15, 0.2) is 0 Å². The third-order valence-electron chi connectivity index (χ3n) is 4.78. The van der Waals surface area contributed by atoms with Crippen molar-refractivity contribution in [2.24, 2.45) is 23.7 Å². The predicted molar refractivity (Wildman–Crippen MR) is 65.3 cm³/mol. The second kappa shape index (κ2) is 3.99. The van der Waals surface area contributed by atoms with E-state index in [0.29, 0.717) is 29.8 Å². The molecule has 16 heavy (non-hydrogen) atoms. The Hall–Kier alpha value is -0.0800. The Labute approximate surface area is 99.7 Å². The number of ether oxygens (including phenoxy) is 2. The lowest BCUT2D eigenvalue weighted by molar-refractivity contribution is -0.164. The van der Waals surface area contributed by atoms with Gasteiger partial charge < -0.3 is 9.47 Å². The summed E-state index contributed by atoms with van der Waals surface area (Å²) in [6.07, 6.45) is 0.587. The van der Waals surface area contributed by atoms with E-state index in [0.717, 1.165) is 6.61 Å². The van der Waals surface area contributed by atoms with Crippen LogP contribution in [0, 0.1) is 23.7 Å². The minimum absolute atomic E-state index is 0.0214. The smallest absolute Gasteiger partial charge is 0.100 e. The van der Waals surface area contributed by atoms with Gasteiger partial charge in [0.25, 0.3) is 0 Å². The molecule has 0 aromatic heterocycles. The molecule has 2 nitrogen and oxygen atoms in total. The van der Waals surface area contributed by atoms with Gasteiger partial charge in [-0.25, -0.2) is 0 Å². The van der Waals surface area contributed by atoms with Crippen LogP contribution in [-0.4, -0.2) is 24.4 Å². The van der Waals surface area contributed by atoms with E-state index in [1.807, 2.05) is 0 Å². The van der Waals surface area contributed by atoms with Crippen LogP contribution < -0.4 is 0 Å². The summed E-state index contributed by atoms with van der Waals surface area (Å²) in [5, 5.41) is 0. The van der Waals surface area contributed by atoms with E-state index >= 15 is 0 Å². The summed E-state index contributed by atoms with van der Waals surface area (Å²) in [4.78, 5) is 0. The minimum atomic E-state index is -0.0214. The molecule has 0 N–H and O–H groups in total. The molecule has 5 atom stereocenters. The van der Waals surface area contributed by atoms with Gasteiger partial charge in [-0.05, 0) is 24.7 Å². The fraction of sp³-hybridized carbons (Fsp3) is 1.00. The Kier molecular flexibility index (Phi) is 3.09. The monoisotopic (exact) mass is 226 g/mol. The summed E-state index contributed by atoms with van der Waals surface area (Å²) in [5.74, 6) is 2.42. The van der Waals surface area contributed by atoms with Gasteiger partial charge in [0, 0.05) is 5.92 Å². The van der Waals surface area contributed by atoms with Gasteiger partial charge in [0.15, 0.2) is 0 Å². The highest BCUT2D eigenvalue weighted by molar-refractivity contribution is 5.09. The molecule has 0 amide bonds. The molecule has 0 saturated carbocycles. The van der Waals surface area contributed by atoms with Crippen LogP contribution in [0.3, 0.4) is 0 Å². The molecule has 2 rings (SSSR count). The zero-order valence-electron chi connectivity index (χ0n) is 11.5. The highest BCUT2D eigenvalue weighted by Gasteiger charge is 2.62. The predicted octanol–water partition coefficient (Wildman–Crippen LogP) is 3.11. The quantitative estimate of drug-likeness (QED) is 0.736. The van der Waals surface area contributed by atoms with Gasteiger partial charge in [0.05, 0.1) is 18.8 Å². The fourth-order valence-corrected chi connectivity index (χ4v) is 3.71. The van der Waals surface area contributed by atoms with Crippen molar-refractivity contribution in [1.29, 1.82) is 0 Å². The van der Waals surface area contributed by atoms with E-state index in [9.17, 15) is 0 Å². The van der Waals surface area contributed by atoms with Crippen molar-refractivity contribution < 1.29 is 9.47 Å². The summed E-state index contributed by atoms with van der Waals surface area (Å²) in [6.45, 7) is 14.5. The zero-order valence-corrected chi connectivity index (χ0v) is 11.5. The van der Waals surface area contributed by atoms with Crippen molar-refractivity contribution in [3.8, 4) is 0 Å². The van der Waals surface area contributed by atoms with Crippen LogP contribution in [-0.2, 0) is 9.47 Å². The molecule has 2 fully saturated rings. The van der Waals surface area contributed by atoms with Crippen molar-refractivity contribution in [1.82, 2.24) is 0 Å². The van der Waals surface area contributed by atoms with E-state index in [4.69, 9.17) is 9.47 Å². The van der Waals surface area contributed by atoms with Crippen molar-refractivity contribution in [3.63, 3.8) is 0 Å². The number of fused-ring (bicyclic) bond motifs is 2. The summed E-state index contributed by atoms with van der Waals surface area (Å²) in [5.41, 5.74) is -0.0214. The molecule has 0 spiro atoms. The number of hydrogen-bond acceptors (Lipinski definition) is 2. The topological polar surface area (TPSA) is 18.5 Å². The molecule has 2 bridgehead atoms. The normalized spacial score (nSPS) is 44.6. The maximum Gasteiger partial charge on any atom is 0.100 e. The molecule has 2 aliphatic rings. The maximum atomic E-state index is 6.32. The Morgan fingerprint density at radius 1 is 1.12 bits per heavy atom. The van der Waals surface area contributed by atoms with Gasteiger partial charge in [-0.3, -0.25) is 0 Å². The summed E-state index contributed by atoms with van der Waals surface area (Å²) in [6, 6.07) is 0. The van der Waals surface area contributed by atoms with Gasteiger partial charge in [-0.2, -0.15) is 0 Å². The lowest BCUT2D eigenvalue weighted by Gasteiger charge is -2.40. The van der Waals surface area contributed by atoms with Crippen molar-refractivity contribution in [3.05, 3.63) is 0 Å². The van der Waals surface area contributed by atoms with Gasteiger partial charge in [-0.15, -0.1) is 0 Å². The average molecular weight is 226 g/mol. The highest BCUT2D eigenvalue weighted by Crippen LogP contribution is 2.53. The molecule has 0 aliphatic carbocycles. The molecule has 0 aromatic carbocycles. The lowest BCUT2D eigenvalue weighted by atomic mass is 9.70. The van der Waals surface area contributed by atoms with Crippen LogP contribution in [0.1, 0.15) is 41.5 Å². The molecule has 0 aromatic rings. The lowest BCUT2D eigenvalue weighted by Crippen LogP contribution is -2.47. The van der Waals surface area contributed by atoms with Crippen LogP contribution in [0.4, 0.5) is 0 Å². The van der Waals surface area contributed by atoms with Gasteiger partial charge in [0.1, 0.15) is 5.60 Å². The van der Waals surface area contributed by atoms with Crippen LogP contribution in [0.5, 0.6) is 0 Å². The molecule has 2 heteroatoms. The number of rotatable bonds is 3. The molecular formula is C14H26O2. The van der Waals surface area contributed by atoms with E-state index in [2.05, 4.69) is 41.5 Å². The largest absolute Gasteiger partial charge is 0.372 e. The first-order valence-electron chi connectivity index (χ1n) is 6.69. The molecule has 0 radical (unpaired) electrons. The maximum absolute atomic E-state index is 6.32. The molecule has 2 aliphatic heterocycles. The highest BCUT2D eigenvalue weighted by atomic mass is 16.6. The summed E-state index contributed by atoms with van der Waals surface area (Å²) >= 11 is 0. The van der Waals surface area contributed by atoms with E-state index in [1.165, 1.54) is 0 Å². The van der Waals surface area contributed by atoms with Crippen LogP contribution in [0.2, 0.25) is 0 Å². The summed E-state index contributed by atoms with van der Waals surface area (Å²) in [7, 11) is 0. The third kappa shape index (κ3) is 1.53. The number of hydrogen-bond donors (Lipinski definition) is 0. The first-order valence-corrected chi connectivity index (χ1v) is 6.69. The molecule has 2 heterocycles. The average Bonchev–Trinajstić information content (AvgIpc) is 2.69.